The fraction of sp³-hybridized carbons (Fsp3) is 0.400. The molecule has 1 saturated heterocycles. The summed E-state index contributed by atoms with van der Waals surface area (Å²) in [4.78, 5) is 21.3. The summed E-state index contributed by atoms with van der Waals surface area (Å²) < 4.78 is 0. The monoisotopic (exact) mass is 338 g/mol. The topological polar surface area (TPSA) is 48.5 Å². The van der Waals surface area contributed by atoms with Gasteiger partial charge in [-0.2, -0.15) is 0 Å². The number of urea groups is 1. The molecule has 1 aromatic carbocycles. The van der Waals surface area contributed by atoms with Crippen LogP contribution in [0.1, 0.15) is 25.3 Å². The molecule has 0 aliphatic carbocycles. The van der Waals surface area contributed by atoms with Crippen molar-refractivity contribution in [3.63, 3.8) is 0 Å². The minimum atomic E-state index is -0.0500. The molecule has 3 rings (SSSR count). The lowest BCUT2D eigenvalue weighted by Gasteiger charge is -2.30. The maximum absolute atomic E-state index is 12.9. The van der Waals surface area contributed by atoms with Gasteiger partial charge in [-0.05, 0) is 55.8 Å². The molecule has 0 spiro atoms. The normalized spacial score (nSPS) is 17.4. The largest absolute Gasteiger partial charge is 0.322 e. The van der Waals surface area contributed by atoms with E-state index in [1.807, 2.05) is 47.4 Å². The maximum atomic E-state index is 12.9. The van der Waals surface area contributed by atoms with Gasteiger partial charge in [0, 0.05) is 37.2 Å². The fourth-order valence-electron chi connectivity index (χ4n) is 3.42. The Morgan fingerprint density at radius 1 is 1.24 bits per heavy atom. The number of pyridine rings is 1. The minimum Gasteiger partial charge on any atom is -0.319 e. The van der Waals surface area contributed by atoms with Gasteiger partial charge in [0.25, 0.3) is 0 Å². The molecule has 2 aromatic rings. The summed E-state index contributed by atoms with van der Waals surface area (Å²) in [5.74, 6) is 0. The first-order valence-corrected chi connectivity index (χ1v) is 9.00. The summed E-state index contributed by atoms with van der Waals surface area (Å²) in [7, 11) is 0. The van der Waals surface area contributed by atoms with E-state index >= 15 is 0 Å². The highest BCUT2D eigenvalue weighted by molar-refractivity contribution is 5.89. The number of benzene rings is 1. The predicted molar refractivity (Wildman–Crippen MR) is 100 cm³/mol. The first-order chi connectivity index (χ1) is 12.3. The lowest BCUT2D eigenvalue weighted by Crippen LogP contribution is -2.44. The molecule has 1 aromatic heterocycles. The highest BCUT2D eigenvalue weighted by atomic mass is 16.2. The third-order valence-corrected chi connectivity index (χ3v) is 4.77. The first-order valence-electron chi connectivity index (χ1n) is 9.00. The van der Waals surface area contributed by atoms with E-state index in [1.54, 1.807) is 12.4 Å². The third-order valence-electron chi connectivity index (χ3n) is 4.77. The van der Waals surface area contributed by atoms with E-state index in [0.29, 0.717) is 12.6 Å². The second-order valence-corrected chi connectivity index (χ2v) is 6.46. The van der Waals surface area contributed by atoms with Gasteiger partial charge < -0.3 is 10.2 Å². The molecule has 132 valence electrons. The van der Waals surface area contributed by atoms with Crippen LogP contribution in [-0.2, 0) is 6.54 Å². The zero-order chi connectivity index (χ0) is 17.5. The van der Waals surface area contributed by atoms with Crippen LogP contribution in [0.3, 0.4) is 0 Å². The van der Waals surface area contributed by atoms with Gasteiger partial charge in [0.1, 0.15) is 0 Å². The Kier molecular flexibility index (Phi) is 6.01. The van der Waals surface area contributed by atoms with Crippen LogP contribution in [0.15, 0.2) is 54.9 Å². The van der Waals surface area contributed by atoms with Gasteiger partial charge in [-0.1, -0.05) is 25.1 Å². The van der Waals surface area contributed by atoms with Crippen molar-refractivity contribution in [1.82, 2.24) is 14.8 Å². The lowest BCUT2D eigenvalue weighted by atomic mass is 10.2. The molecule has 1 aliphatic heterocycles. The molecule has 5 heteroatoms. The van der Waals surface area contributed by atoms with Crippen molar-refractivity contribution in [3.05, 3.63) is 60.4 Å². The number of amides is 2. The van der Waals surface area contributed by atoms with Crippen LogP contribution in [0.25, 0.3) is 0 Å². The second kappa shape index (κ2) is 8.62. The van der Waals surface area contributed by atoms with E-state index in [2.05, 4.69) is 22.1 Å². The van der Waals surface area contributed by atoms with E-state index in [1.165, 1.54) is 6.42 Å². The molecule has 25 heavy (non-hydrogen) atoms. The van der Waals surface area contributed by atoms with Gasteiger partial charge in [-0.3, -0.25) is 9.88 Å². The second-order valence-electron chi connectivity index (χ2n) is 6.46. The number of hydrogen-bond acceptors (Lipinski definition) is 3. The van der Waals surface area contributed by atoms with Crippen molar-refractivity contribution in [2.45, 2.75) is 32.4 Å². The van der Waals surface area contributed by atoms with Crippen LogP contribution < -0.4 is 5.32 Å². The van der Waals surface area contributed by atoms with E-state index < -0.39 is 0 Å². The fourth-order valence-corrected chi connectivity index (χ4v) is 3.42. The van der Waals surface area contributed by atoms with Crippen LogP contribution in [-0.4, -0.2) is 46.5 Å². The summed E-state index contributed by atoms with van der Waals surface area (Å²) in [6.07, 6.45) is 5.91. The number of hydrogen-bond donors (Lipinski definition) is 1. The van der Waals surface area contributed by atoms with Gasteiger partial charge in [0.15, 0.2) is 0 Å². The van der Waals surface area contributed by atoms with Gasteiger partial charge in [-0.15, -0.1) is 0 Å². The minimum absolute atomic E-state index is 0.0500. The number of rotatable bonds is 6. The van der Waals surface area contributed by atoms with Crippen molar-refractivity contribution < 1.29 is 4.79 Å². The van der Waals surface area contributed by atoms with Crippen molar-refractivity contribution in [3.8, 4) is 0 Å². The van der Waals surface area contributed by atoms with E-state index in [0.717, 1.165) is 37.3 Å². The molecule has 0 unspecified atom stereocenters. The number of nitrogens with zero attached hydrogens (tertiary/aromatic N) is 3. The summed E-state index contributed by atoms with van der Waals surface area (Å²) in [5.41, 5.74) is 1.92. The third kappa shape index (κ3) is 4.79. The molecule has 1 atom stereocenters. The molecule has 5 nitrogen and oxygen atoms in total. The highest BCUT2D eigenvalue weighted by Crippen LogP contribution is 2.19. The Bertz CT molecular complexity index is 662. The van der Waals surface area contributed by atoms with Gasteiger partial charge in [-0.25, -0.2) is 4.79 Å². The number of likely N-dealkylation sites (N-methyl/N-ethyl adjacent to an activating group) is 1. The maximum Gasteiger partial charge on any atom is 0.322 e. The van der Waals surface area contributed by atoms with E-state index in [4.69, 9.17) is 0 Å². The molecule has 0 bridgehead atoms. The molecule has 0 saturated carbocycles. The number of carbonyl (C=O) groups excluding carboxylic acids is 1. The molecule has 0 radical (unpaired) electrons. The molecule has 1 aliphatic rings. The number of carbonyl (C=O) groups is 1. The summed E-state index contributed by atoms with van der Waals surface area (Å²) in [6, 6.07) is 14.0. The highest BCUT2D eigenvalue weighted by Gasteiger charge is 2.27. The van der Waals surface area contributed by atoms with Crippen LogP contribution in [0.5, 0.6) is 0 Å². The Labute approximate surface area is 149 Å². The number of aromatic nitrogens is 1. The van der Waals surface area contributed by atoms with Crippen molar-refractivity contribution in [2.24, 2.45) is 0 Å². The SMILES string of the molecule is CCN1CCC[C@@H]1CN(Cc1ccncc1)C(=O)Nc1ccccc1. The molecule has 1 N–H and O–H groups in total. The average Bonchev–Trinajstić information content (AvgIpc) is 3.10. The Hall–Kier alpha value is -2.40. The van der Waals surface area contributed by atoms with Crippen LogP contribution in [0, 0.1) is 0 Å². The zero-order valence-corrected chi connectivity index (χ0v) is 14.8. The van der Waals surface area contributed by atoms with Crippen LogP contribution >= 0.6 is 0 Å². The van der Waals surface area contributed by atoms with Gasteiger partial charge in [0.05, 0.1) is 0 Å². The van der Waals surface area contributed by atoms with E-state index in [9.17, 15) is 4.79 Å². The number of anilines is 1. The van der Waals surface area contributed by atoms with Crippen LogP contribution in [0.2, 0.25) is 0 Å². The molecule has 1 fully saturated rings. The first kappa shape index (κ1) is 17.4. The Balaban J connectivity index is 1.72. The zero-order valence-electron chi connectivity index (χ0n) is 14.8. The number of likely N-dealkylation sites (tertiary alicyclic amines) is 1. The number of para-hydroxylation sites is 1. The molecular weight excluding hydrogens is 312 g/mol. The van der Waals surface area contributed by atoms with Crippen molar-refractivity contribution >= 4 is 11.7 Å². The summed E-state index contributed by atoms with van der Waals surface area (Å²) >= 11 is 0. The van der Waals surface area contributed by atoms with Crippen molar-refractivity contribution in [1.29, 1.82) is 0 Å². The standard InChI is InChI=1S/C20H26N4O/c1-2-23-14-6-9-19(23)16-24(15-17-10-12-21-13-11-17)20(25)22-18-7-4-3-5-8-18/h3-5,7-8,10-13,19H,2,6,9,14-16H2,1H3,(H,22,25)/t19-/m1/s1. The predicted octanol–water partition coefficient (Wildman–Crippen LogP) is 3.60. The Morgan fingerprint density at radius 3 is 2.72 bits per heavy atom. The van der Waals surface area contributed by atoms with Crippen LogP contribution in [0.4, 0.5) is 10.5 Å². The van der Waals surface area contributed by atoms with Crippen molar-refractivity contribution in [2.75, 3.05) is 25.0 Å². The quantitative estimate of drug-likeness (QED) is 0.875. The summed E-state index contributed by atoms with van der Waals surface area (Å²) in [5, 5.41) is 3.02. The molecule has 2 amide bonds. The number of nitrogens with one attached hydrogen (secondary N) is 1. The average molecular weight is 338 g/mol. The van der Waals surface area contributed by atoms with Gasteiger partial charge in [0.2, 0.25) is 0 Å². The van der Waals surface area contributed by atoms with Gasteiger partial charge >= 0.3 is 6.03 Å². The molecule has 2 heterocycles. The smallest absolute Gasteiger partial charge is 0.319 e. The molecular formula is C20H26N4O. The summed E-state index contributed by atoms with van der Waals surface area (Å²) in [6.45, 7) is 5.69. The lowest BCUT2D eigenvalue weighted by molar-refractivity contribution is 0.175. The van der Waals surface area contributed by atoms with E-state index in [-0.39, 0.29) is 6.03 Å². The Morgan fingerprint density at radius 2 is 2.00 bits per heavy atom.